The molecule has 0 aliphatic heterocycles. The Kier molecular flexibility index (Phi) is 6.34. The molecule has 0 saturated heterocycles. The lowest BCUT2D eigenvalue weighted by atomic mass is 10.0. The van der Waals surface area contributed by atoms with Crippen molar-refractivity contribution < 1.29 is 40.7 Å². The fourth-order valence-electron chi connectivity index (χ4n) is 2.67. The molecule has 0 aliphatic rings. The Hall–Kier alpha value is -3.34. The molecule has 0 aliphatic carbocycles. The number of ether oxygens (including phenoxy) is 1. The second-order valence-corrected chi connectivity index (χ2v) is 6.86. The van der Waals surface area contributed by atoms with E-state index < -0.39 is 52.3 Å². The molecule has 0 saturated carbocycles. The summed E-state index contributed by atoms with van der Waals surface area (Å²) in [7, 11) is 0. The van der Waals surface area contributed by atoms with Crippen molar-refractivity contribution in [3.05, 3.63) is 75.7 Å². The van der Waals surface area contributed by atoms with Gasteiger partial charge in [0.05, 0.1) is 6.61 Å². The summed E-state index contributed by atoms with van der Waals surface area (Å²) in [6.45, 7) is 1.46. The van der Waals surface area contributed by atoms with Gasteiger partial charge in [0.1, 0.15) is 21.9 Å². The summed E-state index contributed by atoms with van der Waals surface area (Å²) in [6.07, 6.45) is 0. The Labute approximate surface area is 175 Å². The number of halogens is 6. The molecular weight excluding hydrogens is 448 g/mol. The van der Waals surface area contributed by atoms with Crippen LogP contribution in [0.3, 0.4) is 0 Å². The number of anilines is 1. The highest BCUT2D eigenvalue weighted by molar-refractivity contribution is 7.15. The van der Waals surface area contributed by atoms with Crippen molar-refractivity contribution in [1.29, 1.82) is 0 Å². The molecular formula is C20H11F6NO3S. The summed E-state index contributed by atoms with van der Waals surface area (Å²) >= 11 is 0.743. The molecule has 1 heterocycles. The molecule has 0 radical (unpaired) electrons. The number of thiophene rings is 1. The second kappa shape index (κ2) is 8.80. The van der Waals surface area contributed by atoms with Crippen molar-refractivity contribution in [2.24, 2.45) is 0 Å². The zero-order chi connectivity index (χ0) is 22.9. The molecule has 31 heavy (non-hydrogen) atoms. The third-order valence-corrected chi connectivity index (χ3v) is 4.99. The van der Waals surface area contributed by atoms with Crippen molar-refractivity contribution in [1.82, 2.24) is 0 Å². The number of carbonyl (C=O) groups is 2. The molecule has 0 atom stereocenters. The van der Waals surface area contributed by atoms with Gasteiger partial charge in [0, 0.05) is 10.9 Å². The normalized spacial score (nSPS) is 10.8. The maximum Gasteiger partial charge on any atom is 0.341 e. The van der Waals surface area contributed by atoms with Crippen LogP contribution in [0, 0.1) is 34.9 Å². The van der Waals surface area contributed by atoms with Crippen molar-refractivity contribution in [3.8, 4) is 11.1 Å². The van der Waals surface area contributed by atoms with Crippen LogP contribution in [0.5, 0.6) is 0 Å². The van der Waals surface area contributed by atoms with Gasteiger partial charge in [-0.1, -0.05) is 12.1 Å². The van der Waals surface area contributed by atoms with Crippen LogP contribution in [0.2, 0.25) is 0 Å². The quantitative estimate of drug-likeness (QED) is 0.231. The largest absolute Gasteiger partial charge is 0.462 e. The van der Waals surface area contributed by atoms with E-state index in [0.29, 0.717) is 5.56 Å². The van der Waals surface area contributed by atoms with Crippen LogP contribution in [0.25, 0.3) is 11.1 Å². The van der Waals surface area contributed by atoms with Crippen LogP contribution in [-0.4, -0.2) is 18.5 Å². The summed E-state index contributed by atoms with van der Waals surface area (Å²) in [5.41, 5.74) is -1.37. The standard InChI is InChI=1S/C20H11F6NO3S/c1-2-30-20(29)11-10(8-3-5-9(21)6-4-8)7-31-19(11)27-18(28)12-13(22)15(24)17(26)16(25)14(12)23/h3-7H,2H2,1H3,(H,27,28). The summed E-state index contributed by atoms with van der Waals surface area (Å²) in [4.78, 5) is 24.8. The number of amides is 1. The predicted molar refractivity (Wildman–Crippen MR) is 99.9 cm³/mol. The van der Waals surface area contributed by atoms with Crippen LogP contribution in [0.1, 0.15) is 27.6 Å². The molecule has 4 nitrogen and oxygen atoms in total. The average molecular weight is 459 g/mol. The van der Waals surface area contributed by atoms with E-state index in [2.05, 4.69) is 0 Å². The zero-order valence-electron chi connectivity index (χ0n) is 15.5. The Morgan fingerprint density at radius 3 is 1.97 bits per heavy atom. The molecule has 2 aromatic carbocycles. The molecule has 11 heteroatoms. The molecule has 162 valence electrons. The van der Waals surface area contributed by atoms with Crippen LogP contribution >= 0.6 is 11.3 Å². The molecule has 0 unspecified atom stereocenters. The van der Waals surface area contributed by atoms with Crippen molar-refractivity contribution in [3.63, 3.8) is 0 Å². The first-order valence-electron chi connectivity index (χ1n) is 8.54. The van der Waals surface area contributed by atoms with Gasteiger partial charge in [0.2, 0.25) is 5.82 Å². The average Bonchev–Trinajstić information content (AvgIpc) is 3.15. The van der Waals surface area contributed by atoms with Crippen LogP contribution < -0.4 is 5.32 Å². The number of nitrogens with one attached hydrogen (secondary N) is 1. The lowest BCUT2D eigenvalue weighted by Gasteiger charge is -2.10. The monoisotopic (exact) mass is 459 g/mol. The van der Waals surface area contributed by atoms with Gasteiger partial charge in [-0.15, -0.1) is 11.3 Å². The second-order valence-electron chi connectivity index (χ2n) is 5.98. The van der Waals surface area contributed by atoms with Gasteiger partial charge in [-0.25, -0.2) is 31.1 Å². The van der Waals surface area contributed by atoms with Crippen molar-refractivity contribution in [2.45, 2.75) is 6.92 Å². The van der Waals surface area contributed by atoms with E-state index in [4.69, 9.17) is 4.74 Å². The molecule has 3 aromatic rings. The third kappa shape index (κ3) is 4.13. The maximum absolute atomic E-state index is 13.9. The lowest BCUT2D eigenvalue weighted by molar-refractivity contribution is 0.0529. The number of hydrogen-bond donors (Lipinski definition) is 1. The van der Waals surface area contributed by atoms with Crippen LogP contribution in [-0.2, 0) is 4.74 Å². The van der Waals surface area contributed by atoms with E-state index >= 15 is 0 Å². The van der Waals surface area contributed by atoms with E-state index in [1.165, 1.54) is 24.4 Å². The number of rotatable bonds is 5. The Morgan fingerprint density at radius 1 is 0.871 bits per heavy atom. The number of carbonyl (C=O) groups excluding carboxylic acids is 2. The molecule has 3 rings (SSSR count). The van der Waals surface area contributed by atoms with Gasteiger partial charge in [-0.05, 0) is 24.6 Å². The summed E-state index contributed by atoms with van der Waals surface area (Å²) in [5.74, 6) is -14.7. The minimum atomic E-state index is -2.41. The highest BCUT2D eigenvalue weighted by Crippen LogP contribution is 2.37. The van der Waals surface area contributed by atoms with Crippen molar-refractivity contribution >= 4 is 28.2 Å². The van der Waals surface area contributed by atoms with E-state index in [0.717, 1.165) is 23.5 Å². The fraction of sp³-hybridized carbons (Fsp3) is 0.100. The zero-order valence-corrected chi connectivity index (χ0v) is 16.3. The minimum absolute atomic E-state index is 0.0530. The first-order chi connectivity index (χ1) is 14.7. The van der Waals surface area contributed by atoms with E-state index in [1.54, 1.807) is 0 Å². The summed E-state index contributed by atoms with van der Waals surface area (Å²) in [5, 5.41) is 3.12. The van der Waals surface area contributed by atoms with Gasteiger partial charge in [0.15, 0.2) is 23.3 Å². The van der Waals surface area contributed by atoms with Crippen LogP contribution in [0.4, 0.5) is 31.3 Å². The molecule has 0 fully saturated rings. The summed E-state index contributed by atoms with van der Waals surface area (Å²) in [6, 6.07) is 4.93. The number of esters is 1. The van der Waals surface area contributed by atoms with Gasteiger partial charge >= 0.3 is 5.97 Å². The smallest absolute Gasteiger partial charge is 0.341 e. The lowest BCUT2D eigenvalue weighted by Crippen LogP contribution is -2.20. The predicted octanol–water partition coefficient (Wildman–Crippen LogP) is 5.68. The molecule has 0 bridgehead atoms. The summed E-state index contributed by atoms with van der Waals surface area (Å²) < 4.78 is 86.1. The number of benzene rings is 2. The first-order valence-corrected chi connectivity index (χ1v) is 9.42. The Bertz CT molecular complexity index is 1150. The minimum Gasteiger partial charge on any atom is -0.462 e. The van der Waals surface area contributed by atoms with Gasteiger partial charge < -0.3 is 10.1 Å². The van der Waals surface area contributed by atoms with E-state index in [9.17, 15) is 35.9 Å². The first kappa shape index (κ1) is 22.3. The van der Waals surface area contributed by atoms with E-state index in [1.807, 2.05) is 5.32 Å². The number of hydrogen-bond acceptors (Lipinski definition) is 4. The van der Waals surface area contributed by atoms with Gasteiger partial charge in [0.25, 0.3) is 5.91 Å². The molecule has 1 N–H and O–H groups in total. The maximum atomic E-state index is 13.9. The topological polar surface area (TPSA) is 55.4 Å². The van der Waals surface area contributed by atoms with E-state index in [-0.39, 0.29) is 22.7 Å². The Balaban J connectivity index is 2.07. The SMILES string of the molecule is CCOC(=O)c1c(-c2ccc(F)cc2)csc1NC(=O)c1c(F)c(F)c(F)c(F)c1F. The van der Waals surface area contributed by atoms with Gasteiger partial charge in [-0.2, -0.15) is 0 Å². The van der Waals surface area contributed by atoms with Gasteiger partial charge in [-0.3, -0.25) is 4.79 Å². The van der Waals surface area contributed by atoms with Crippen molar-refractivity contribution in [2.75, 3.05) is 11.9 Å². The third-order valence-electron chi connectivity index (χ3n) is 4.09. The fourth-order valence-corrected chi connectivity index (χ4v) is 3.62. The van der Waals surface area contributed by atoms with Crippen LogP contribution in [0.15, 0.2) is 29.6 Å². The molecule has 1 aromatic heterocycles. The molecule has 0 spiro atoms. The Morgan fingerprint density at radius 2 is 1.42 bits per heavy atom. The highest BCUT2D eigenvalue weighted by atomic mass is 32.1. The highest BCUT2D eigenvalue weighted by Gasteiger charge is 2.31. The molecule has 1 amide bonds.